The molecule has 0 aromatic heterocycles. The zero-order valence-electron chi connectivity index (χ0n) is 23.8. The van der Waals surface area contributed by atoms with E-state index in [-0.39, 0.29) is 22.8 Å². The van der Waals surface area contributed by atoms with Gasteiger partial charge in [-0.1, -0.05) is 19.9 Å². The van der Waals surface area contributed by atoms with Gasteiger partial charge in [-0.15, -0.1) is 0 Å². The number of aliphatic hydroxyl groups excluding tert-OH is 1. The number of likely N-dealkylation sites (tertiary alicyclic amines) is 1. The summed E-state index contributed by atoms with van der Waals surface area (Å²) in [6.07, 6.45) is 0.654. The number of aliphatic hydroxyl groups is 1. The number of hydrogen-bond acceptors (Lipinski definition) is 8. The highest BCUT2D eigenvalue weighted by molar-refractivity contribution is 6.46. The van der Waals surface area contributed by atoms with E-state index in [4.69, 9.17) is 14.2 Å². The third-order valence-corrected chi connectivity index (χ3v) is 7.14. The summed E-state index contributed by atoms with van der Waals surface area (Å²) in [5.74, 6) is -0.373. The number of aromatic hydroxyl groups is 1. The van der Waals surface area contributed by atoms with Gasteiger partial charge in [-0.05, 0) is 67.6 Å². The van der Waals surface area contributed by atoms with Crippen molar-refractivity contribution in [1.29, 1.82) is 0 Å². The van der Waals surface area contributed by atoms with Crippen molar-refractivity contribution < 1.29 is 34.0 Å². The zero-order chi connectivity index (χ0) is 28.8. The van der Waals surface area contributed by atoms with Crippen LogP contribution in [0.2, 0.25) is 0 Å². The van der Waals surface area contributed by atoms with Gasteiger partial charge in [-0.3, -0.25) is 14.5 Å². The molecule has 1 amide bonds. The van der Waals surface area contributed by atoms with Gasteiger partial charge >= 0.3 is 0 Å². The molecule has 0 radical (unpaired) electrons. The first kappa shape index (κ1) is 29.4. The minimum absolute atomic E-state index is 0.0137. The Hall–Kier alpha value is -3.56. The summed E-state index contributed by atoms with van der Waals surface area (Å²) in [7, 11) is 0. The van der Waals surface area contributed by atoms with Crippen LogP contribution in [0, 0.1) is 12.8 Å². The van der Waals surface area contributed by atoms with Crippen molar-refractivity contribution in [3.05, 3.63) is 58.7 Å². The molecule has 0 aliphatic carbocycles. The molecule has 2 saturated heterocycles. The molecular weight excluding hydrogens is 512 g/mol. The van der Waals surface area contributed by atoms with Crippen LogP contribution in [0.25, 0.3) is 5.76 Å². The second-order valence-electron chi connectivity index (χ2n) is 10.6. The van der Waals surface area contributed by atoms with Gasteiger partial charge in [0.2, 0.25) is 0 Å². The second kappa shape index (κ2) is 13.2. The number of rotatable bonds is 11. The third kappa shape index (κ3) is 6.59. The van der Waals surface area contributed by atoms with E-state index in [0.717, 1.165) is 25.2 Å². The molecule has 1 atom stereocenters. The van der Waals surface area contributed by atoms with Crippen LogP contribution in [-0.4, -0.2) is 84.3 Å². The smallest absolute Gasteiger partial charge is 0.295 e. The lowest BCUT2D eigenvalue weighted by Crippen LogP contribution is -2.38. The van der Waals surface area contributed by atoms with E-state index in [2.05, 4.69) is 18.7 Å². The maximum Gasteiger partial charge on any atom is 0.295 e. The molecular formula is C31H40N2O7. The number of ether oxygens (including phenoxy) is 3. The summed E-state index contributed by atoms with van der Waals surface area (Å²) in [6, 6.07) is 9.17. The van der Waals surface area contributed by atoms with E-state index >= 15 is 0 Å². The van der Waals surface area contributed by atoms with Crippen molar-refractivity contribution in [1.82, 2.24) is 9.80 Å². The summed E-state index contributed by atoms with van der Waals surface area (Å²) in [5.41, 5.74) is 1.82. The van der Waals surface area contributed by atoms with Crippen molar-refractivity contribution in [3.63, 3.8) is 0 Å². The molecule has 216 valence electrons. The van der Waals surface area contributed by atoms with Crippen LogP contribution in [0.3, 0.4) is 0 Å². The van der Waals surface area contributed by atoms with E-state index in [1.807, 2.05) is 6.92 Å². The van der Waals surface area contributed by atoms with E-state index in [0.29, 0.717) is 62.2 Å². The first-order chi connectivity index (χ1) is 19.2. The number of ketones is 1. The summed E-state index contributed by atoms with van der Waals surface area (Å²) < 4.78 is 16.9. The normalized spacial score (nSPS) is 19.4. The molecule has 0 spiro atoms. The fourth-order valence-corrected chi connectivity index (χ4v) is 5.09. The monoisotopic (exact) mass is 552 g/mol. The van der Waals surface area contributed by atoms with E-state index in [1.165, 1.54) is 11.0 Å². The van der Waals surface area contributed by atoms with Gasteiger partial charge in [0.1, 0.15) is 11.5 Å². The Morgan fingerprint density at radius 2 is 1.80 bits per heavy atom. The minimum Gasteiger partial charge on any atom is -0.507 e. The van der Waals surface area contributed by atoms with Crippen molar-refractivity contribution in [2.45, 2.75) is 40.2 Å². The van der Waals surface area contributed by atoms with Gasteiger partial charge in [-0.2, -0.15) is 0 Å². The third-order valence-electron chi connectivity index (χ3n) is 7.14. The van der Waals surface area contributed by atoms with E-state index in [9.17, 15) is 19.8 Å². The summed E-state index contributed by atoms with van der Waals surface area (Å²) in [6.45, 7) is 12.8. The van der Waals surface area contributed by atoms with Crippen molar-refractivity contribution >= 4 is 17.4 Å². The Balaban J connectivity index is 1.70. The molecule has 9 nitrogen and oxygen atoms in total. The van der Waals surface area contributed by atoms with Gasteiger partial charge in [0.05, 0.1) is 38.0 Å². The predicted molar refractivity (Wildman–Crippen MR) is 152 cm³/mol. The molecule has 4 rings (SSSR count). The van der Waals surface area contributed by atoms with Crippen LogP contribution < -0.4 is 9.47 Å². The Bertz CT molecular complexity index is 1250. The molecule has 2 fully saturated rings. The van der Waals surface area contributed by atoms with Gasteiger partial charge in [0.25, 0.3) is 11.7 Å². The number of phenolic OH excluding ortho intramolecular Hbond substituents is 1. The number of carbonyl (C=O) groups is 2. The zero-order valence-corrected chi connectivity index (χ0v) is 23.8. The lowest BCUT2D eigenvalue weighted by molar-refractivity contribution is -0.140. The molecule has 0 bridgehead atoms. The van der Waals surface area contributed by atoms with E-state index < -0.39 is 17.7 Å². The molecule has 0 saturated carbocycles. The van der Waals surface area contributed by atoms with Crippen LogP contribution in [-0.2, 0) is 14.3 Å². The van der Waals surface area contributed by atoms with Crippen molar-refractivity contribution in [3.8, 4) is 17.2 Å². The molecule has 2 aromatic rings. The molecule has 2 aliphatic rings. The van der Waals surface area contributed by atoms with Gasteiger partial charge in [-0.25, -0.2) is 0 Å². The predicted octanol–water partition coefficient (Wildman–Crippen LogP) is 4.28. The molecule has 40 heavy (non-hydrogen) atoms. The molecule has 9 heteroatoms. The summed E-state index contributed by atoms with van der Waals surface area (Å²) >= 11 is 0. The van der Waals surface area contributed by atoms with Gasteiger partial charge < -0.3 is 29.3 Å². The van der Waals surface area contributed by atoms with Gasteiger partial charge in [0.15, 0.2) is 11.5 Å². The molecule has 2 N–H and O–H groups in total. The van der Waals surface area contributed by atoms with Gasteiger partial charge in [0, 0.05) is 31.7 Å². The highest BCUT2D eigenvalue weighted by Gasteiger charge is 2.46. The molecule has 2 aromatic carbocycles. The maximum absolute atomic E-state index is 13.4. The Labute approximate surface area is 235 Å². The lowest BCUT2D eigenvalue weighted by atomic mass is 9.94. The lowest BCUT2D eigenvalue weighted by Gasteiger charge is -2.29. The number of carbonyl (C=O) groups excluding carboxylic acids is 2. The number of hydrogen-bond donors (Lipinski definition) is 2. The topological polar surface area (TPSA) is 109 Å². The minimum atomic E-state index is -0.832. The average Bonchev–Trinajstić information content (AvgIpc) is 3.19. The first-order valence-electron chi connectivity index (χ1n) is 14.0. The largest absolute Gasteiger partial charge is 0.507 e. The number of phenols is 1. The Kier molecular flexibility index (Phi) is 9.71. The fraction of sp³-hybridized carbons (Fsp3) is 0.484. The van der Waals surface area contributed by atoms with E-state index in [1.54, 1.807) is 37.3 Å². The SMILES string of the molecule is CCOc1cc([C@H]2C(=C(O)c3ccc(OCC(C)C)c(C)c3)C(=O)C(=O)N2CCCN2CCOCC2)ccc1O. The van der Waals surface area contributed by atoms with Crippen molar-refractivity contribution in [2.75, 3.05) is 52.6 Å². The quantitative estimate of drug-likeness (QED) is 0.242. The summed E-state index contributed by atoms with van der Waals surface area (Å²) in [4.78, 5) is 30.6. The number of Topliss-reactive ketones (excluding diaryl/α,β-unsaturated/α-hetero) is 1. The second-order valence-corrected chi connectivity index (χ2v) is 10.6. The number of benzene rings is 2. The van der Waals surface area contributed by atoms with Crippen LogP contribution in [0.15, 0.2) is 42.0 Å². The molecule has 2 aliphatic heterocycles. The summed E-state index contributed by atoms with van der Waals surface area (Å²) in [5, 5.41) is 21.8. The Morgan fingerprint density at radius 1 is 1.05 bits per heavy atom. The van der Waals surface area contributed by atoms with Crippen LogP contribution in [0.5, 0.6) is 17.2 Å². The number of nitrogens with zero attached hydrogens (tertiary/aromatic N) is 2. The van der Waals surface area contributed by atoms with Crippen LogP contribution in [0.1, 0.15) is 49.9 Å². The average molecular weight is 553 g/mol. The van der Waals surface area contributed by atoms with Crippen LogP contribution in [0.4, 0.5) is 0 Å². The van der Waals surface area contributed by atoms with Crippen LogP contribution >= 0.6 is 0 Å². The number of aryl methyl sites for hydroxylation is 1. The molecule has 2 heterocycles. The highest BCUT2D eigenvalue weighted by atomic mass is 16.5. The first-order valence-corrected chi connectivity index (χ1v) is 14.0. The van der Waals surface area contributed by atoms with Crippen molar-refractivity contribution in [2.24, 2.45) is 5.92 Å². The number of amides is 1. The molecule has 0 unspecified atom stereocenters. The number of morpholine rings is 1. The standard InChI is InChI=1S/C31H40N2O7/c1-5-39-26-18-22(7-9-24(26)34)28-27(29(35)23-8-10-25(21(4)17-23)40-19-20(2)3)30(36)31(37)33(28)12-6-11-32-13-15-38-16-14-32/h7-10,17-18,20,28,34-35H,5-6,11-16,19H2,1-4H3/t28-/m0/s1. The fourth-order valence-electron chi connectivity index (χ4n) is 5.09. The highest BCUT2D eigenvalue weighted by Crippen LogP contribution is 2.42. The maximum atomic E-state index is 13.4. The Morgan fingerprint density at radius 3 is 2.48 bits per heavy atom.